The minimum Gasteiger partial charge on any atom is -0.289 e. The first-order chi connectivity index (χ1) is 19.2. The van der Waals surface area contributed by atoms with E-state index in [9.17, 15) is 0 Å². The summed E-state index contributed by atoms with van der Waals surface area (Å²) >= 11 is 0. The summed E-state index contributed by atoms with van der Waals surface area (Å²) in [5.74, 6) is 0. The van der Waals surface area contributed by atoms with Crippen molar-refractivity contribution in [3.8, 4) is 11.1 Å². The zero-order chi connectivity index (χ0) is 26.0. The zero-order valence-corrected chi connectivity index (χ0v) is 22.1. The third-order valence-corrected chi connectivity index (χ3v) is 11.1. The van der Waals surface area contributed by atoms with Crippen LogP contribution in [-0.2, 0) is 4.57 Å². The van der Waals surface area contributed by atoms with Gasteiger partial charge in [0.1, 0.15) is 0 Å². The van der Waals surface area contributed by atoms with Crippen LogP contribution in [0.15, 0.2) is 146 Å². The Kier molecular flexibility index (Phi) is 4.83. The fourth-order valence-electron chi connectivity index (χ4n) is 6.32. The number of hydrogen-bond acceptors (Lipinski definition) is 1. The number of anilines is 2. The average Bonchev–Trinajstić information content (AvgIpc) is 3.02. The topological polar surface area (TPSA) is 20.3 Å². The molecule has 0 bridgehead atoms. The minimum atomic E-state index is -3.27. The highest BCUT2D eigenvalue weighted by Crippen LogP contribution is 2.61. The molecule has 1 atom stereocenters. The van der Waals surface area contributed by atoms with Crippen LogP contribution in [-0.4, -0.2) is 0 Å². The van der Waals surface area contributed by atoms with Crippen molar-refractivity contribution >= 4 is 61.6 Å². The summed E-state index contributed by atoms with van der Waals surface area (Å²) < 4.78 is 17.8. The molecule has 184 valence electrons. The lowest BCUT2D eigenvalue weighted by Gasteiger charge is -2.40. The minimum absolute atomic E-state index is 0.829. The van der Waals surface area contributed by atoms with Gasteiger partial charge in [0.25, 0.3) is 0 Å². The number of hydrogen-bond donors (Lipinski definition) is 0. The van der Waals surface area contributed by atoms with Crippen LogP contribution in [0.3, 0.4) is 0 Å². The molecule has 3 heteroatoms. The van der Waals surface area contributed by atoms with Gasteiger partial charge >= 0.3 is 0 Å². The molecule has 7 aromatic carbocycles. The monoisotopic (exact) mass is 517 g/mol. The van der Waals surface area contributed by atoms with E-state index in [-0.39, 0.29) is 0 Å². The number of nitrogens with zero attached hydrogens (tertiary/aromatic N) is 1. The summed E-state index contributed by atoms with van der Waals surface area (Å²) in [6, 6.07) is 50.3. The highest BCUT2D eigenvalue weighted by Gasteiger charge is 2.42. The van der Waals surface area contributed by atoms with E-state index in [2.05, 4.69) is 95.7 Å². The maximum atomic E-state index is 15.7. The Hall–Kier alpha value is -4.65. The normalized spacial score (nSPS) is 16.4. The van der Waals surface area contributed by atoms with Crippen LogP contribution >= 0.6 is 7.29 Å². The molecule has 0 saturated carbocycles. The Morgan fingerprint density at radius 2 is 0.949 bits per heavy atom. The van der Waals surface area contributed by atoms with Crippen molar-refractivity contribution in [1.29, 1.82) is 0 Å². The molecule has 0 spiro atoms. The summed E-state index contributed by atoms with van der Waals surface area (Å²) in [6.45, 7) is 0. The zero-order valence-electron chi connectivity index (χ0n) is 21.2. The van der Waals surface area contributed by atoms with E-state index in [0.29, 0.717) is 0 Å². The molecule has 39 heavy (non-hydrogen) atoms. The second kappa shape index (κ2) is 8.43. The molecular formula is C36H24NOP. The molecule has 7 aromatic rings. The van der Waals surface area contributed by atoms with Gasteiger partial charge < -0.3 is 0 Å². The van der Waals surface area contributed by atoms with Crippen molar-refractivity contribution in [2.45, 2.75) is 0 Å². The molecule has 1 heterocycles. The Bertz CT molecular complexity index is 2080. The molecule has 0 aromatic heterocycles. The van der Waals surface area contributed by atoms with Gasteiger partial charge in [-0.25, -0.2) is 0 Å². The van der Waals surface area contributed by atoms with E-state index < -0.39 is 7.29 Å². The summed E-state index contributed by atoms with van der Waals surface area (Å²) in [5, 5.41) is 8.98. The van der Waals surface area contributed by atoms with Gasteiger partial charge in [0, 0.05) is 21.9 Å². The Balaban J connectivity index is 1.50. The van der Waals surface area contributed by atoms with Crippen molar-refractivity contribution in [2.24, 2.45) is 0 Å². The standard InChI is InChI=1S/C36H24NOP/c38-39(26-12-2-1-3-13-26)36-21-11-9-19-33(36)32-18-8-10-20-35(32)37(39)25-22-23-31-29-16-5-4-14-27(29)28-15-6-7-17-30(28)34(31)24-25/h1-24H. The van der Waals surface area contributed by atoms with Crippen molar-refractivity contribution in [3.05, 3.63) is 146 Å². The van der Waals surface area contributed by atoms with Crippen LogP contribution in [0, 0.1) is 0 Å². The van der Waals surface area contributed by atoms with Crippen LogP contribution in [0.25, 0.3) is 43.4 Å². The summed E-state index contributed by atoms with van der Waals surface area (Å²) in [6.07, 6.45) is 0. The average molecular weight is 518 g/mol. The Morgan fingerprint density at radius 3 is 1.64 bits per heavy atom. The van der Waals surface area contributed by atoms with Gasteiger partial charge in [-0.3, -0.25) is 9.24 Å². The SMILES string of the molecule is O=P1(c2ccccc2)c2ccccc2-c2ccccc2N1c1ccc2c3ccccc3c3ccccc3c2c1. The van der Waals surface area contributed by atoms with E-state index in [1.807, 2.05) is 54.6 Å². The molecule has 0 N–H and O–H groups in total. The van der Waals surface area contributed by atoms with E-state index in [4.69, 9.17) is 0 Å². The first kappa shape index (κ1) is 22.3. The number of rotatable bonds is 2. The molecule has 0 amide bonds. The van der Waals surface area contributed by atoms with Gasteiger partial charge in [0.2, 0.25) is 7.29 Å². The van der Waals surface area contributed by atoms with Crippen LogP contribution < -0.4 is 15.3 Å². The maximum Gasteiger partial charge on any atom is 0.234 e. The number of para-hydroxylation sites is 1. The van der Waals surface area contributed by atoms with Crippen LogP contribution in [0.4, 0.5) is 11.4 Å². The fourth-order valence-corrected chi connectivity index (χ4v) is 9.36. The van der Waals surface area contributed by atoms with Gasteiger partial charge in [-0.2, -0.15) is 0 Å². The lowest BCUT2D eigenvalue weighted by molar-refractivity contribution is 0.587. The first-order valence-electron chi connectivity index (χ1n) is 13.2. The summed E-state index contributed by atoms with van der Waals surface area (Å²) in [5.41, 5.74) is 4.03. The lowest BCUT2D eigenvalue weighted by atomic mass is 9.94. The summed E-state index contributed by atoms with van der Waals surface area (Å²) in [4.78, 5) is 0. The van der Waals surface area contributed by atoms with Crippen molar-refractivity contribution < 1.29 is 4.57 Å². The molecule has 1 aliphatic rings. The highest BCUT2D eigenvalue weighted by molar-refractivity contribution is 7.80. The van der Waals surface area contributed by atoms with Gasteiger partial charge in [0.15, 0.2) is 0 Å². The van der Waals surface area contributed by atoms with Gasteiger partial charge in [0.05, 0.1) is 5.69 Å². The molecule has 0 fully saturated rings. The Labute approximate surface area is 227 Å². The van der Waals surface area contributed by atoms with E-state index in [0.717, 1.165) is 38.5 Å². The second-order valence-corrected chi connectivity index (χ2v) is 12.6. The predicted molar refractivity (Wildman–Crippen MR) is 166 cm³/mol. The molecule has 1 aliphatic heterocycles. The predicted octanol–water partition coefficient (Wildman–Crippen LogP) is 9.19. The molecular weight excluding hydrogens is 493 g/mol. The van der Waals surface area contributed by atoms with E-state index in [1.165, 1.54) is 26.9 Å². The third-order valence-electron chi connectivity index (χ3n) is 8.01. The first-order valence-corrected chi connectivity index (χ1v) is 14.9. The molecule has 2 nitrogen and oxygen atoms in total. The van der Waals surface area contributed by atoms with Crippen molar-refractivity contribution in [2.75, 3.05) is 4.67 Å². The van der Waals surface area contributed by atoms with Crippen LogP contribution in [0.1, 0.15) is 0 Å². The largest absolute Gasteiger partial charge is 0.289 e. The molecule has 1 unspecified atom stereocenters. The van der Waals surface area contributed by atoms with Crippen LogP contribution in [0.5, 0.6) is 0 Å². The lowest BCUT2D eigenvalue weighted by Crippen LogP contribution is -2.33. The van der Waals surface area contributed by atoms with Crippen molar-refractivity contribution in [3.63, 3.8) is 0 Å². The second-order valence-electron chi connectivity index (χ2n) is 10.1. The van der Waals surface area contributed by atoms with E-state index in [1.54, 1.807) is 0 Å². The smallest absolute Gasteiger partial charge is 0.234 e. The number of fused-ring (bicyclic) bond motifs is 9. The highest BCUT2D eigenvalue weighted by atomic mass is 31.2. The molecule has 0 aliphatic carbocycles. The molecule has 0 radical (unpaired) electrons. The van der Waals surface area contributed by atoms with Crippen LogP contribution in [0.2, 0.25) is 0 Å². The maximum absolute atomic E-state index is 15.7. The molecule has 8 rings (SSSR count). The van der Waals surface area contributed by atoms with E-state index >= 15 is 4.57 Å². The van der Waals surface area contributed by atoms with Crippen molar-refractivity contribution in [1.82, 2.24) is 0 Å². The fraction of sp³-hybridized carbons (Fsp3) is 0. The van der Waals surface area contributed by atoms with Gasteiger partial charge in [-0.1, -0.05) is 109 Å². The van der Waals surface area contributed by atoms with Gasteiger partial charge in [-0.15, -0.1) is 0 Å². The number of benzene rings is 7. The van der Waals surface area contributed by atoms with Gasteiger partial charge in [-0.05, 0) is 74.3 Å². The Morgan fingerprint density at radius 1 is 0.436 bits per heavy atom. The molecule has 0 saturated heterocycles. The quantitative estimate of drug-likeness (QED) is 0.168. The third kappa shape index (κ3) is 3.13. The summed E-state index contributed by atoms with van der Waals surface area (Å²) in [7, 11) is -3.27.